The van der Waals surface area contributed by atoms with Crippen LogP contribution in [0.1, 0.15) is 11.6 Å². The molecule has 1 aliphatic heterocycles. The second-order valence-electron chi connectivity index (χ2n) is 5.50. The van der Waals surface area contributed by atoms with Crippen LogP contribution in [0.25, 0.3) is 10.8 Å². The van der Waals surface area contributed by atoms with E-state index in [0.29, 0.717) is 6.04 Å². The van der Waals surface area contributed by atoms with E-state index in [4.69, 9.17) is 4.74 Å². The van der Waals surface area contributed by atoms with Crippen molar-refractivity contribution in [2.75, 3.05) is 33.8 Å². The maximum absolute atomic E-state index is 5.96. The van der Waals surface area contributed by atoms with Crippen molar-refractivity contribution in [1.29, 1.82) is 0 Å². The van der Waals surface area contributed by atoms with Crippen LogP contribution in [-0.4, -0.2) is 44.8 Å². The Balaban J connectivity index is 1.97. The first-order valence-corrected chi connectivity index (χ1v) is 7.25. The highest BCUT2D eigenvalue weighted by atomic mass is 16.5. The van der Waals surface area contributed by atoms with E-state index in [2.05, 4.69) is 59.7 Å². The van der Waals surface area contributed by atoms with Crippen molar-refractivity contribution < 1.29 is 4.74 Å². The lowest BCUT2D eigenvalue weighted by atomic mass is 9.96. The summed E-state index contributed by atoms with van der Waals surface area (Å²) in [5.74, 6) is 0. The molecule has 1 fully saturated rings. The fourth-order valence-electron chi connectivity index (χ4n) is 3.09. The molecule has 2 aromatic rings. The molecule has 1 saturated heterocycles. The number of nitrogens with one attached hydrogen (secondary N) is 1. The number of fused-ring (bicyclic) bond motifs is 1. The molecule has 0 spiro atoms. The quantitative estimate of drug-likeness (QED) is 0.927. The molecule has 2 aromatic carbocycles. The summed E-state index contributed by atoms with van der Waals surface area (Å²) in [4.78, 5) is 2.40. The van der Waals surface area contributed by atoms with E-state index < -0.39 is 0 Å². The third-order valence-electron chi connectivity index (χ3n) is 4.12. The van der Waals surface area contributed by atoms with E-state index in [1.807, 2.05) is 7.05 Å². The zero-order chi connectivity index (χ0) is 13.9. The third-order valence-corrected chi connectivity index (χ3v) is 4.12. The van der Waals surface area contributed by atoms with Crippen molar-refractivity contribution in [2.24, 2.45) is 0 Å². The first kappa shape index (κ1) is 13.6. The van der Waals surface area contributed by atoms with Crippen molar-refractivity contribution in [3.05, 3.63) is 48.0 Å². The molecule has 0 aromatic heterocycles. The van der Waals surface area contributed by atoms with Crippen LogP contribution in [0.4, 0.5) is 0 Å². The van der Waals surface area contributed by atoms with Crippen LogP contribution in [0.3, 0.4) is 0 Å². The lowest BCUT2D eigenvalue weighted by Crippen LogP contribution is -2.46. The van der Waals surface area contributed by atoms with Gasteiger partial charge in [-0.2, -0.15) is 0 Å². The van der Waals surface area contributed by atoms with Crippen LogP contribution in [0.5, 0.6) is 0 Å². The van der Waals surface area contributed by atoms with Gasteiger partial charge in [0.1, 0.15) is 0 Å². The molecule has 20 heavy (non-hydrogen) atoms. The van der Waals surface area contributed by atoms with Crippen molar-refractivity contribution >= 4 is 10.8 Å². The molecule has 0 bridgehead atoms. The van der Waals surface area contributed by atoms with E-state index in [9.17, 15) is 0 Å². The molecule has 0 saturated carbocycles. The molecule has 1 heterocycles. The van der Waals surface area contributed by atoms with E-state index in [1.54, 1.807) is 0 Å². The maximum Gasteiger partial charge on any atom is 0.0896 e. The molecule has 3 rings (SSSR count). The molecule has 2 atom stereocenters. The summed E-state index contributed by atoms with van der Waals surface area (Å²) < 4.78 is 5.96. The summed E-state index contributed by atoms with van der Waals surface area (Å²) >= 11 is 0. The van der Waals surface area contributed by atoms with Crippen molar-refractivity contribution in [3.63, 3.8) is 0 Å². The van der Waals surface area contributed by atoms with Crippen LogP contribution in [0.15, 0.2) is 42.5 Å². The normalized spacial score (nSPS) is 24.1. The number of likely N-dealkylation sites (N-methyl/N-ethyl adjacent to an activating group) is 2. The fraction of sp³-hybridized carbons (Fsp3) is 0.412. The first-order valence-electron chi connectivity index (χ1n) is 7.25. The number of rotatable bonds is 3. The molecule has 0 radical (unpaired) electrons. The Labute approximate surface area is 120 Å². The Hall–Kier alpha value is -1.42. The lowest BCUT2D eigenvalue weighted by Gasteiger charge is -2.39. The lowest BCUT2D eigenvalue weighted by molar-refractivity contribution is -0.0606. The van der Waals surface area contributed by atoms with Gasteiger partial charge in [-0.1, -0.05) is 36.4 Å². The number of hydrogen-bond acceptors (Lipinski definition) is 3. The van der Waals surface area contributed by atoms with Crippen LogP contribution < -0.4 is 5.32 Å². The van der Waals surface area contributed by atoms with E-state index >= 15 is 0 Å². The molecule has 0 amide bonds. The summed E-state index contributed by atoms with van der Waals surface area (Å²) in [5, 5.41) is 5.83. The van der Waals surface area contributed by atoms with Gasteiger partial charge >= 0.3 is 0 Å². The molecular weight excluding hydrogens is 248 g/mol. The van der Waals surface area contributed by atoms with Gasteiger partial charge in [-0.05, 0) is 36.5 Å². The highest BCUT2D eigenvalue weighted by Crippen LogP contribution is 2.30. The Bertz CT molecular complexity index is 582. The van der Waals surface area contributed by atoms with Gasteiger partial charge in [-0.15, -0.1) is 0 Å². The fourth-order valence-corrected chi connectivity index (χ4v) is 3.09. The number of benzene rings is 2. The van der Waals surface area contributed by atoms with Crippen LogP contribution in [0.2, 0.25) is 0 Å². The molecule has 2 unspecified atom stereocenters. The number of hydrogen-bond donors (Lipinski definition) is 1. The summed E-state index contributed by atoms with van der Waals surface area (Å²) in [7, 11) is 4.17. The van der Waals surface area contributed by atoms with Crippen molar-refractivity contribution in [2.45, 2.75) is 12.1 Å². The first-order chi connectivity index (χ1) is 9.79. The van der Waals surface area contributed by atoms with Crippen molar-refractivity contribution in [1.82, 2.24) is 10.2 Å². The molecule has 106 valence electrons. The minimum absolute atomic E-state index is 0.208. The van der Waals surface area contributed by atoms with E-state index in [-0.39, 0.29) is 6.10 Å². The number of ether oxygens (including phenoxy) is 1. The van der Waals surface area contributed by atoms with Crippen LogP contribution in [-0.2, 0) is 4.74 Å². The molecule has 3 nitrogen and oxygen atoms in total. The summed E-state index contributed by atoms with van der Waals surface area (Å²) in [6.45, 7) is 2.67. The smallest absolute Gasteiger partial charge is 0.0896 e. The van der Waals surface area contributed by atoms with Gasteiger partial charge in [0.15, 0.2) is 0 Å². The third kappa shape index (κ3) is 2.57. The summed E-state index contributed by atoms with van der Waals surface area (Å²) in [6.07, 6.45) is 0.208. The number of morpholine rings is 1. The molecule has 1 aliphatic rings. The predicted octanol–water partition coefficient (Wildman–Crippen LogP) is 2.43. The maximum atomic E-state index is 5.96. The van der Waals surface area contributed by atoms with E-state index in [0.717, 1.165) is 19.7 Å². The standard InChI is InChI=1S/C17H22N2O/c1-18-12-16-17(19(2)9-10-20-16)15-8-7-13-5-3-4-6-14(13)11-15/h3-8,11,16-18H,9-10,12H2,1-2H3. The molecule has 3 heteroatoms. The Morgan fingerprint density at radius 3 is 2.80 bits per heavy atom. The summed E-state index contributed by atoms with van der Waals surface area (Å²) in [6, 6.07) is 15.6. The summed E-state index contributed by atoms with van der Waals surface area (Å²) in [5.41, 5.74) is 1.34. The minimum atomic E-state index is 0.208. The van der Waals surface area contributed by atoms with Crippen molar-refractivity contribution in [3.8, 4) is 0 Å². The second-order valence-corrected chi connectivity index (χ2v) is 5.50. The van der Waals surface area contributed by atoms with Gasteiger partial charge in [0.05, 0.1) is 18.8 Å². The molecular formula is C17H22N2O. The zero-order valence-corrected chi connectivity index (χ0v) is 12.2. The Morgan fingerprint density at radius 2 is 2.00 bits per heavy atom. The van der Waals surface area contributed by atoms with E-state index in [1.165, 1.54) is 16.3 Å². The highest BCUT2D eigenvalue weighted by Gasteiger charge is 2.30. The monoisotopic (exact) mass is 270 g/mol. The topological polar surface area (TPSA) is 24.5 Å². The Morgan fingerprint density at radius 1 is 1.20 bits per heavy atom. The minimum Gasteiger partial charge on any atom is -0.374 e. The van der Waals surface area contributed by atoms with Gasteiger partial charge < -0.3 is 10.1 Å². The van der Waals surface area contributed by atoms with Gasteiger partial charge in [0.25, 0.3) is 0 Å². The average molecular weight is 270 g/mol. The largest absolute Gasteiger partial charge is 0.374 e. The average Bonchev–Trinajstić information content (AvgIpc) is 2.47. The van der Waals surface area contributed by atoms with Gasteiger partial charge in [-0.3, -0.25) is 4.90 Å². The van der Waals surface area contributed by atoms with Gasteiger partial charge in [0.2, 0.25) is 0 Å². The van der Waals surface area contributed by atoms with Gasteiger partial charge in [-0.25, -0.2) is 0 Å². The second kappa shape index (κ2) is 5.92. The van der Waals surface area contributed by atoms with Crippen LogP contribution >= 0.6 is 0 Å². The zero-order valence-electron chi connectivity index (χ0n) is 12.2. The molecule has 0 aliphatic carbocycles. The van der Waals surface area contributed by atoms with Gasteiger partial charge in [0, 0.05) is 13.1 Å². The number of nitrogens with zero attached hydrogens (tertiary/aromatic N) is 1. The SMILES string of the molecule is CNCC1OCCN(C)C1c1ccc2ccccc2c1. The molecule has 1 N–H and O–H groups in total. The Kier molecular flexibility index (Phi) is 4.01. The predicted molar refractivity (Wildman–Crippen MR) is 83.0 cm³/mol. The van der Waals surface area contributed by atoms with Crippen LogP contribution in [0, 0.1) is 0 Å². The highest BCUT2D eigenvalue weighted by molar-refractivity contribution is 5.83.